The van der Waals surface area contributed by atoms with Crippen LogP contribution < -0.4 is 5.32 Å². The van der Waals surface area contributed by atoms with Gasteiger partial charge in [-0.3, -0.25) is 0 Å². The highest BCUT2D eigenvalue weighted by molar-refractivity contribution is 7.99. The van der Waals surface area contributed by atoms with Gasteiger partial charge in [0.1, 0.15) is 0 Å². The minimum absolute atomic E-state index is 0.552. The van der Waals surface area contributed by atoms with E-state index in [1.807, 2.05) is 11.8 Å². The highest BCUT2D eigenvalue weighted by atomic mass is 32.2. The first-order valence-corrected chi connectivity index (χ1v) is 7.72. The number of thioether (sulfide) groups is 1. The molecule has 100 valence electrons. The van der Waals surface area contributed by atoms with Crippen LogP contribution in [0.15, 0.2) is 29.2 Å². The lowest BCUT2D eigenvalue weighted by molar-refractivity contribution is 0.0437. The lowest BCUT2D eigenvalue weighted by Gasteiger charge is -2.29. The Morgan fingerprint density at radius 1 is 1.50 bits per heavy atom. The summed E-state index contributed by atoms with van der Waals surface area (Å²) in [5, 5.41) is 3.46. The SMILES string of the molecule is CNC(CSc1cccc(C)c1)C1CCCOC1. The average molecular weight is 265 g/mol. The van der Waals surface area contributed by atoms with Crippen LogP contribution in [-0.2, 0) is 4.74 Å². The molecule has 1 heterocycles. The zero-order valence-electron chi connectivity index (χ0n) is 11.3. The predicted molar refractivity (Wildman–Crippen MR) is 78.3 cm³/mol. The van der Waals surface area contributed by atoms with Gasteiger partial charge in [0.05, 0.1) is 6.61 Å². The molecule has 0 amide bonds. The van der Waals surface area contributed by atoms with Crippen LogP contribution in [0, 0.1) is 12.8 Å². The van der Waals surface area contributed by atoms with Gasteiger partial charge in [-0.15, -0.1) is 11.8 Å². The largest absolute Gasteiger partial charge is 0.381 e. The van der Waals surface area contributed by atoms with E-state index in [-0.39, 0.29) is 0 Å². The molecule has 18 heavy (non-hydrogen) atoms. The fourth-order valence-corrected chi connectivity index (χ4v) is 3.68. The number of rotatable bonds is 5. The van der Waals surface area contributed by atoms with Crippen molar-refractivity contribution in [1.29, 1.82) is 0 Å². The molecule has 1 saturated heterocycles. The van der Waals surface area contributed by atoms with Crippen molar-refractivity contribution < 1.29 is 4.74 Å². The highest BCUT2D eigenvalue weighted by Crippen LogP contribution is 2.25. The molecular formula is C15H23NOS. The maximum absolute atomic E-state index is 5.59. The Bertz CT molecular complexity index is 363. The summed E-state index contributed by atoms with van der Waals surface area (Å²) < 4.78 is 5.59. The monoisotopic (exact) mass is 265 g/mol. The number of hydrogen-bond acceptors (Lipinski definition) is 3. The maximum Gasteiger partial charge on any atom is 0.0509 e. The van der Waals surface area contributed by atoms with Crippen LogP contribution in [-0.4, -0.2) is 32.1 Å². The van der Waals surface area contributed by atoms with Gasteiger partial charge < -0.3 is 10.1 Å². The molecule has 2 atom stereocenters. The summed E-state index contributed by atoms with van der Waals surface area (Å²) in [6.07, 6.45) is 2.50. The Hall–Kier alpha value is -0.510. The topological polar surface area (TPSA) is 21.3 Å². The second-order valence-corrected chi connectivity index (χ2v) is 6.09. The molecule has 1 aliphatic rings. The van der Waals surface area contributed by atoms with Crippen molar-refractivity contribution in [2.75, 3.05) is 26.0 Å². The van der Waals surface area contributed by atoms with Gasteiger partial charge in [-0.2, -0.15) is 0 Å². The zero-order valence-corrected chi connectivity index (χ0v) is 12.1. The van der Waals surface area contributed by atoms with Crippen LogP contribution in [0.3, 0.4) is 0 Å². The fourth-order valence-electron chi connectivity index (χ4n) is 2.43. The van der Waals surface area contributed by atoms with Gasteiger partial charge in [0, 0.05) is 23.3 Å². The van der Waals surface area contributed by atoms with Gasteiger partial charge in [0.25, 0.3) is 0 Å². The lowest BCUT2D eigenvalue weighted by Crippen LogP contribution is -2.40. The van der Waals surface area contributed by atoms with E-state index in [1.54, 1.807) is 0 Å². The molecule has 1 aliphatic heterocycles. The third kappa shape index (κ3) is 4.01. The smallest absolute Gasteiger partial charge is 0.0509 e. The molecule has 1 fully saturated rings. The lowest BCUT2D eigenvalue weighted by atomic mass is 9.95. The Morgan fingerprint density at radius 3 is 3.06 bits per heavy atom. The molecule has 0 aliphatic carbocycles. The third-order valence-corrected chi connectivity index (χ3v) is 4.67. The average Bonchev–Trinajstić information content (AvgIpc) is 2.41. The van der Waals surface area contributed by atoms with Gasteiger partial charge in [0.15, 0.2) is 0 Å². The van der Waals surface area contributed by atoms with Crippen LogP contribution in [0.25, 0.3) is 0 Å². The van der Waals surface area contributed by atoms with Crippen LogP contribution >= 0.6 is 11.8 Å². The quantitative estimate of drug-likeness (QED) is 0.827. The molecular weight excluding hydrogens is 242 g/mol. The van der Waals surface area contributed by atoms with E-state index < -0.39 is 0 Å². The molecule has 1 aromatic carbocycles. The summed E-state index contributed by atoms with van der Waals surface area (Å²) in [6, 6.07) is 9.29. The molecule has 2 rings (SSSR count). The van der Waals surface area contributed by atoms with Crippen LogP contribution in [0.1, 0.15) is 18.4 Å². The number of aryl methyl sites for hydroxylation is 1. The summed E-state index contributed by atoms with van der Waals surface area (Å²) >= 11 is 1.94. The Balaban J connectivity index is 1.86. The van der Waals surface area contributed by atoms with Crippen molar-refractivity contribution in [2.45, 2.75) is 30.7 Å². The van der Waals surface area contributed by atoms with E-state index in [0.717, 1.165) is 19.0 Å². The molecule has 2 unspecified atom stereocenters. The van der Waals surface area contributed by atoms with E-state index in [2.05, 4.69) is 43.6 Å². The summed E-state index contributed by atoms with van der Waals surface area (Å²) in [4.78, 5) is 1.37. The number of hydrogen-bond donors (Lipinski definition) is 1. The van der Waals surface area contributed by atoms with Crippen molar-refractivity contribution in [1.82, 2.24) is 5.32 Å². The van der Waals surface area contributed by atoms with Crippen LogP contribution in [0.4, 0.5) is 0 Å². The van der Waals surface area contributed by atoms with Crippen molar-refractivity contribution in [3.63, 3.8) is 0 Å². The summed E-state index contributed by atoms with van der Waals surface area (Å²) in [7, 11) is 2.07. The summed E-state index contributed by atoms with van der Waals surface area (Å²) in [5.74, 6) is 1.79. The van der Waals surface area contributed by atoms with Crippen LogP contribution in [0.5, 0.6) is 0 Å². The molecule has 1 N–H and O–H groups in total. The minimum atomic E-state index is 0.552. The van der Waals surface area contributed by atoms with Gasteiger partial charge in [-0.25, -0.2) is 0 Å². The van der Waals surface area contributed by atoms with Crippen LogP contribution in [0.2, 0.25) is 0 Å². The van der Waals surface area contributed by atoms with Gasteiger partial charge >= 0.3 is 0 Å². The summed E-state index contributed by atoms with van der Waals surface area (Å²) in [6.45, 7) is 4.01. The normalized spacial score (nSPS) is 21.8. The molecule has 3 heteroatoms. The molecule has 0 saturated carbocycles. The van der Waals surface area contributed by atoms with Crippen molar-refractivity contribution in [2.24, 2.45) is 5.92 Å². The van der Waals surface area contributed by atoms with Crippen molar-refractivity contribution >= 4 is 11.8 Å². The van der Waals surface area contributed by atoms with Gasteiger partial charge in [0.2, 0.25) is 0 Å². The predicted octanol–water partition coefficient (Wildman–Crippen LogP) is 3.10. The number of ether oxygens (including phenoxy) is 1. The first-order valence-electron chi connectivity index (χ1n) is 6.74. The third-order valence-electron chi connectivity index (χ3n) is 3.55. The van der Waals surface area contributed by atoms with Gasteiger partial charge in [-0.05, 0) is 44.9 Å². The molecule has 0 bridgehead atoms. The second kappa shape index (κ2) is 7.17. The Labute approximate surface area is 114 Å². The minimum Gasteiger partial charge on any atom is -0.381 e. The van der Waals surface area contributed by atoms with E-state index in [0.29, 0.717) is 12.0 Å². The van der Waals surface area contributed by atoms with Gasteiger partial charge in [-0.1, -0.05) is 17.7 Å². The van der Waals surface area contributed by atoms with E-state index >= 15 is 0 Å². The Kier molecular flexibility index (Phi) is 5.54. The molecule has 0 radical (unpaired) electrons. The Morgan fingerprint density at radius 2 is 2.39 bits per heavy atom. The van der Waals surface area contributed by atoms with E-state index in [9.17, 15) is 0 Å². The first-order chi connectivity index (χ1) is 8.79. The van der Waals surface area contributed by atoms with Crippen molar-refractivity contribution in [3.8, 4) is 0 Å². The molecule has 1 aromatic rings. The standard InChI is InChI=1S/C15H23NOS/c1-12-5-3-7-14(9-12)18-11-15(16-2)13-6-4-8-17-10-13/h3,5,7,9,13,15-16H,4,6,8,10-11H2,1-2H3. The van der Waals surface area contributed by atoms with Crippen molar-refractivity contribution in [3.05, 3.63) is 29.8 Å². The highest BCUT2D eigenvalue weighted by Gasteiger charge is 2.22. The van der Waals surface area contributed by atoms with E-state index in [1.165, 1.54) is 23.3 Å². The second-order valence-electron chi connectivity index (χ2n) is 5.00. The summed E-state index contributed by atoms with van der Waals surface area (Å²) in [5.41, 5.74) is 1.34. The number of nitrogens with one attached hydrogen (secondary N) is 1. The number of benzene rings is 1. The zero-order chi connectivity index (χ0) is 12.8. The molecule has 2 nitrogen and oxygen atoms in total. The maximum atomic E-state index is 5.59. The molecule has 0 spiro atoms. The fraction of sp³-hybridized carbons (Fsp3) is 0.600. The first kappa shape index (κ1) is 13.9. The molecule has 0 aromatic heterocycles. The van der Waals surface area contributed by atoms with E-state index in [4.69, 9.17) is 4.74 Å².